The van der Waals surface area contributed by atoms with Crippen molar-refractivity contribution in [3.8, 4) is 0 Å². The molecule has 2 atom stereocenters. The lowest BCUT2D eigenvalue weighted by Crippen LogP contribution is -2.62. The topological polar surface area (TPSA) is 115 Å². The van der Waals surface area contributed by atoms with Crippen LogP contribution in [0.25, 0.3) is 0 Å². The Balaban J connectivity index is 3.13. The van der Waals surface area contributed by atoms with E-state index in [9.17, 15) is 19.5 Å². The first-order valence-corrected chi connectivity index (χ1v) is 3.83. The Hall–Kier alpha value is -1.47. The smallest absolute Gasteiger partial charge is 0.346 e. The molecule has 0 aromatic rings. The highest BCUT2D eigenvalue weighted by Crippen LogP contribution is 2.28. The monoisotopic (exact) mass is 203 g/mol. The molecule has 1 fully saturated rings. The number of nitrogens with zero attached hydrogens (tertiary/aromatic N) is 1. The molecule has 1 aliphatic heterocycles. The molecule has 1 heterocycles. The van der Waals surface area contributed by atoms with E-state index in [0.29, 0.717) is 0 Å². The Morgan fingerprint density at radius 2 is 2.07 bits per heavy atom. The molecule has 0 spiro atoms. The van der Waals surface area contributed by atoms with E-state index >= 15 is 0 Å². The molecular weight excluding hydrogens is 194 g/mol. The van der Waals surface area contributed by atoms with Gasteiger partial charge in [-0.3, -0.25) is 14.8 Å². The number of aliphatic hydroxyl groups is 1. The summed E-state index contributed by atoms with van der Waals surface area (Å²) in [5.41, 5.74) is -2.72. The Morgan fingerprint density at radius 1 is 1.57 bits per heavy atom. The molecule has 0 aromatic heterocycles. The normalized spacial score (nSPS) is 33.4. The van der Waals surface area contributed by atoms with Crippen LogP contribution in [0.2, 0.25) is 0 Å². The minimum Gasteiger partial charge on any atom is -0.479 e. The average molecular weight is 203 g/mol. The van der Waals surface area contributed by atoms with Crippen LogP contribution >= 0.6 is 0 Å². The summed E-state index contributed by atoms with van der Waals surface area (Å²) in [5.74, 6) is -5.29. The van der Waals surface area contributed by atoms with Crippen LogP contribution in [0.15, 0.2) is 0 Å². The molecule has 7 heteroatoms. The van der Waals surface area contributed by atoms with Gasteiger partial charge in [0.25, 0.3) is 11.8 Å². The largest absolute Gasteiger partial charge is 0.479 e. The van der Waals surface area contributed by atoms with Gasteiger partial charge in [0, 0.05) is 12.3 Å². The van der Waals surface area contributed by atoms with Crippen molar-refractivity contribution in [1.29, 1.82) is 0 Å². The molecule has 1 saturated heterocycles. The van der Waals surface area contributed by atoms with E-state index in [1.54, 1.807) is 0 Å². The van der Waals surface area contributed by atoms with Gasteiger partial charge in [-0.15, -0.1) is 0 Å². The van der Waals surface area contributed by atoms with Gasteiger partial charge in [-0.2, -0.15) is 5.06 Å². The minimum absolute atomic E-state index is 0.353. The summed E-state index contributed by atoms with van der Waals surface area (Å²) < 4.78 is 0. The summed E-state index contributed by atoms with van der Waals surface area (Å²) in [5, 5.41) is 26.6. The zero-order chi connectivity index (χ0) is 11.1. The van der Waals surface area contributed by atoms with Crippen LogP contribution in [0.5, 0.6) is 0 Å². The summed E-state index contributed by atoms with van der Waals surface area (Å²) in [6, 6.07) is 0. The number of carbonyl (C=O) groups excluding carboxylic acids is 2. The number of carboxylic acids is 1. The SMILES string of the molecule is CC1CC(=O)N(O)C(=O)C1(O)C(=O)O. The predicted molar refractivity (Wildman–Crippen MR) is 40.0 cm³/mol. The Bertz CT molecular complexity index is 313. The number of rotatable bonds is 1. The third kappa shape index (κ3) is 1.17. The highest BCUT2D eigenvalue weighted by molar-refractivity contribution is 6.12. The number of aliphatic carboxylic acids is 1. The van der Waals surface area contributed by atoms with Crippen LogP contribution in [-0.4, -0.2) is 43.9 Å². The first-order chi connectivity index (χ1) is 6.31. The van der Waals surface area contributed by atoms with Crippen LogP contribution in [-0.2, 0) is 14.4 Å². The highest BCUT2D eigenvalue weighted by Gasteiger charge is 2.56. The molecule has 7 nitrogen and oxygen atoms in total. The van der Waals surface area contributed by atoms with E-state index in [1.165, 1.54) is 6.92 Å². The Kier molecular flexibility index (Phi) is 2.30. The number of hydroxylamine groups is 2. The second kappa shape index (κ2) is 3.03. The standard InChI is InChI=1S/C7H9NO6/c1-3-2-4(9)8(14)5(10)7(3,13)6(11)12/h3,13-14H,2H2,1H3,(H,11,12). The van der Waals surface area contributed by atoms with Gasteiger partial charge in [0.05, 0.1) is 0 Å². The van der Waals surface area contributed by atoms with Crippen molar-refractivity contribution < 1.29 is 29.8 Å². The van der Waals surface area contributed by atoms with Gasteiger partial charge < -0.3 is 10.2 Å². The van der Waals surface area contributed by atoms with Crippen LogP contribution in [0.3, 0.4) is 0 Å². The van der Waals surface area contributed by atoms with Gasteiger partial charge in [0.15, 0.2) is 0 Å². The van der Waals surface area contributed by atoms with Crippen LogP contribution < -0.4 is 0 Å². The number of carbonyl (C=O) groups is 3. The second-order valence-electron chi connectivity index (χ2n) is 3.19. The van der Waals surface area contributed by atoms with Crippen molar-refractivity contribution in [2.45, 2.75) is 18.9 Å². The fourth-order valence-electron chi connectivity index (χ4n) is 1.28. The molecule has 0 saturated carbocycles. The highest BCUT2D eigenvalue weighted by atomic mass is 16.5. The van der Waals surface area contributed by atoms with E-state index in [4.69, 9.17) is 10.3 Å². The van der Waals surface area contributed by atoms with Crippen LogP contribution in [0.1, 0.15) is 13.3 Å². The molecule has 2 unspecified atom stereocenters. The fraction of sp³-hybridized carbons (Fsp3) is 0.571. The lowest BCUT2D eigenvalue weighted by Gasteiger charge is -2.34. The van der Waals surface area contributed by atoms with Crippen LogP contribution in [0, 0.1) is 5.92 Å². The molecule has 78 valence electrons. The van der Waals surface area contributed by atoms with Gasteiger partial charge in [-0.1, -0.05) is 6.92 Å². The van der Waals surface area contributed by atoms with Gasteiger partial charge >= 0.3 is 5.97 Å². The van der Waals surface area contributed by atoms with E-state index in [0.717, 1.165) is 0 Å². The van der Waals surface area contributed by atoms with Gasteiger partial charge in [0.1, 0.15) is 0 Å². The molecule has 0 radical (unpaired) electrons. The van der Waals surface area contributed by atoms with Gasteiger partial charge in [0.2, 0.25) is 5.60 Å². The first kappa shape index (κ1) is 10.6. The summed E-state index contributed by atoms with van der Waals surface area (Å²) in [6.07, 6.45) is -0.398. The lowest BCUT2D eigenvalue weighted by molar-refractivity contribution is -0.211. The molecule has 1 rings (SSSR count). The van der Waals surface area contributed by atoms with Crippen molar-refractivity contribution in [2.75, 3.05) is 0 Å². The van der Waals surface area contributed by atoms with Crippen molar-refractivity contribution in [3.05, 3.63) is 0 Å². The van der Waals surface area contributed by atoms with Crippen LogP contribution in [0.4, 0.5) is 0 Å². The van der Waals surface area contributed by atoms with Gasteiger partial charge in [-0.25, -0.2) is 4.79 Å². The summed E-state index contributed by atoms with van der Waals surface area (Å²) in [4.78, 5) is 32.6. The third-order valence-electron chi connectivity index (χ3n) is 2.27. The maximum absolute atomic E-state index is 11.1. The molecule has 1 aliphatic rings. The fourth-order valence-corrected chi connectivity index (χ4v) is 1.28. The average Bonchev–Trinajstić information content (AvgIpc) is 2.11. The van der Waals surface area contributed by atoms with E-state index in [-0.39, 0.29) is 5.06 Å². The quantitative estimate of drug-likeness (QED) is 0.274. The lowest BCUT2D eigenvalue weighted by atomic mass is 9.82. The second-order valence-corrected chi connectivity index (χ2v) is 3.19. The van der Waals surface area contributed by atoms with E-state index in [1.807, 2.05) is 0 Å². The van der Waals surface area contributed by atoms with E-state index < -0.39 is 35.7 Å². The zero-order valence-electron chi connectivity index (χ0n) is 7.30. The molecule has 2 amide bonds. The number of piperidine rings is 1. The molecule has 0 bridgehead atoms. The maximum atomic E-state index is 11.1. The number of amides is 2. The Morgan fingerprint density at radius 3 is 2.50 bits per heavy atom. The summed E-state index contributed by atoms with van der Waals surface area (Å²) in [6.45, 7) is 1.25. The van der Waals surface area contributed by atoms with Crippen molar-refractivity contribution >= 4 is 17.8 Å². The first-order valence-electron chi connectivity index (χ1n) is 3.83. The molecule has 3 N–H and O–H groups in total. The molecule has 14 heavy (non-hydrogen) atoms. The van der Waals surface area contributed by atoms with E-state index in [2.05, 4.69) is 0 Å². The maximum Gasteiger partial charge on any atom is 0.346 e. The molecule has 0 aromatic carbocycles. The molecular formula is C7H9NO6. The van der Waals surface area contributed by atoms with Crippen molar-refractivity contribution in [1.82, 2.24) is 5.06 Å². The minimum atomic E-state index is -2.72. The number of imide groups is 1. The zero-order valence-corrected chi connectivity index (χ0v) is 7.30. The third-order valence-corrected chi connectivity index (χ3v) is 2.27. The van der Waals surface area contributed by atoms with Crippen molar-refractivity contribution in [2.24, 2.45) is 5.92 Å². The number of hydrogen-bond acceptors (Lipinski definition) is 5. The molecule has 0 aliphatic carbocycles. The summed E-state index contributed by atoms with van der Waals surface area (Å²) in [7, 11) is 0. The number of carboxylic acid groups (broad SMARTS) is 1. The Labute approximate surface area is 78.5 Å². The predicted octanol–water partition coefficient (Wildman–Crippen LogP) is -1.41. The van der Waals surface area contributed by atoms with Gasteiger partial charge in [-0.05, 0) is 0 Å². The van der Waals surface area contributed by atoms with Crippen molar-refractivity contribution in [3.63, 3.8) is 0 Å². The summed E-state index contributed by atoms with van der Waals surface area (Å²) >= 11 is 0. The number of hydrogen-bond donors (Lipinski definition) is 3.